The summed E-state index contributed by atoms with van der Waals surface area (Å²) in [5.74, 6) is 0.585. The van der Waals surface area contributed by atoms with Crippen molar-refractivity contribution in [3.05, 3.63) is 76.9 Å². The minimum atomic E-state index is -0.256. The number of rotatable bonds is 6. The maximum absolute atomic E-state index is 12.4. The predicted octanol–water partition coefficient (Wildman–Crippen LogP) is 2.72. The normalized spacial score (nSPS) is 10.6. The van der Waals surface area contributed by atoms with Gasteiger partial charge in [-0.25, -0.2) is 4.98 Å². The number of aromatic nitrogens is 2. The van der Waals surface area contributed by atoms with E-state index in [-0.39, 0.29) is 23.9 Å². The number of benzene rings is 2. The number of nitrogens with one attached hydrogen (secondary N) is 2. The number of hydrogen-bond acceptors (Lipinski definition) is 4. The number of nitrogen functional groups attached to an aromatic ring is 1. The van der Waals surface area contributed by atoms with Crippen LogP contribution in [0, 0.1) is 19.3 Å². The number of aromatic hydroxyl groups is 1. The van der Waals surface area contributed by atoms with Gasteiger partial charge in [-0.3, -0.25) is 10.2 Å². The number of phenolic OH excluding ortho intramolecular Hbond substituents is 1. The highest BCUT2D eigenvalue weighted by Gasteiger charge is 2.11. The van der Waals surface area contributed by atoms with Crippen LogP contribution in [-0.2, 0) is 17.8 Å². The van der Waals surface area contributed by atoms with Gasteiger partial charge >= 0.3 is 0 Å². The Labute approximate surface area is 163 Å². The van der Waals surface area contributed by atoms with Crippen LogP contribution in [0.25, 0.3) is 0 Å². The molecule has 144 valence electrons. The average molecular weight is 377 g/mol. The first-order valence-corrected chi connectivity index (χ1v) is 8.87. The summed E-state index contributed by atoms with van der Waals surface area (Å²) in [4.78, 5) is 16.6. The van der Waals surface area contributed by atoms with Crippen molar-refractivity contribution >= 4 is 17.4 Å². The number of carbonyl (C=O) groups excluding carboxylic acids is 1. The van der Waals surface area contributed by atoms with E-state index in [2.05, 4.69) is 14.9 Å². The quantitative estimate of drug-likeness (QED) is 0.390. The van der Waals surface area contributed by atoms with E-state index in [0.29, 0.717) is 16.8 Å². The van der Waals surface area contributed by atoms with Gasteiger partial charge in [-0.1, -0.05) is 6.07 Å². The lowest BCUT2D eigenvalue weighted by Crippen LogP contribution is -2.16. The van der Waals surface area contributed by atoms with Gasteiger partial charge in [0.15, 0.2) is 0 Å². The monoisotopic (exact) mass is 377 g/mol. The van der Waals surface area contributed by atoms with E-state index < -0.39 is 0 Å². The molecule has 0 aliphatic heterocycles. The molecule has 0 aliphatic rings. The first-order valence-electron chi connectivity index (χ1n) is 8.87. The van der Waals surface area contributed by atoms with Crippen LogP contribution in [0.3, 0.4) is 0 Å². The predicted molar refractivity (Wildman–Crippen MR) is 109 cm³/mol. The number of imidazole rings is 1. The highest BCUT2D eigenvalue weighted by molar-refractivity contribution is 5.96. The fourth-order valence-electron chi connectivity index (χ4n) is 2.98. The molecule has 5 N–H and O–H groups in total. The van der Waals surface area contributed by atoms with Gasteiger partial charge in [0.25, 0.3) is 0 Å². The van der Waals surface area contributed by atoms with E-state index in [4.69, 9.17) is 11.1 Å². The van der Waals surface area contributed by atoms with Crippen LogP contribution in [-0.4, -0.2) is 26.4 Å². The minimum absolute atomic E-state index is 0.00220. The summed E-state index contributed by atoms with van der Waals surface area (Å²) in [6.07, 6.45) is 3.70. The molecular weight excluding hydrogens is 354 g/mol. The number of nitrogens with two attached hydrogens (primary N) is 1. The van der Waals surface area contributed by atoms with E-state index in [1.807, 2.05) is 38.2 Å². The molecule has 0 fully saturated rings. The van der Waals surface area contributed by atoms with Gasteiger partial charge in [-0.2, -0.15) is 0 Å². The summed E-state index contributed by atoms with van der Waals surface area (Å²) in [5, 5.41) is 20.3. The summed E-state index contributed by atoms with van der Waals surface area (Å²) >= 11 is 0. The molecule has 3 rings (SSSR count). The second kappa shape index (κ2) is 7.96. The van der Waals surface area contributed by atoms with Gasteiger partial charge in [0.2, 0.25) is 5.91 Å². The van der Waals surface area contributed by atoms with Crippen molar-refractivity contribution in [3.63, 3.8) is 0 Å². The number of anilines is 1. The third-order valence-electron chi connectivity index (χ3n) is 4.63. The Morgan fingerprint density at radius 1 is 1.21 bits per heavy atom. The minimum Gasteiger partial charge on any atom is -0.508 e. The molecule has 7 nitrogen and oxygen atoms in total. The third kappa shape index (κ3) is 4.37. The Bertz CT molecular complexity index is 1040. The highest BCUT2D eigenvalue weighted by atomic mass is 16.3. The molecule has 28 heavy (non-hydrogen) atoms. The summed E-state index contributed by atoms with van der Waals surface area (Å²) in [6, 6.07) is 10.3. The van der Waals surface area contributed by atoms with Crippen molar-refractivity contribution in [2.45, 2.75) is 26.8 Å². The van der Waals surface area contributed by atoms with Crippen LogP contribution >= 0.6 is 0 Å². The fourth-order valence-corrected chi connectivity index (χ4v) is 2.98. The molecule has 0 saturated heterocycles. The van der Waals surface area contributed by atoms with Crippen molar-refractivity contribution in [2.75, 3.05) is 5.32 Å². The first kappa shape index (κ1) is 19.2. The molecule has 2 aromatic carbocycles. The van der Waals surface area contributed by atoms with Gasteiger partial charge < -0.3 is 20.7 Å². The molecule has 1 amide bonds. The van der Waals surface area contributed by atoms with Gasteiger partial charge in [-0.05, 0) is 55.3 Å². The molecular formula is C21H23N5O2. The molecule has 3 aromatic rings. The van der Waals surface area contributed by atoms with Gasteiger partial charge in [0.1, 0.15) is 17.4 Å². The summed E-state index contributed by atoms with van der Waals surface area (Å²) in [7, 11) is 0. The van der Waals surface area contributed by atoms with Crippen LogP contribution in [0.5, 0.6) is 5.75 Å². The number of amides is 1. The lowest BCUT2D eigenvalue weighted by molar-refractivity contribution is -0.115. The number of hydrogen-bond donors (Lipinski definition) is 4. The number of amidine groups is 1. The zero-order valence-corrected chi connectivity index (χ0v) is 15.9. The smallest absolute Gasteiger partial charge is 0.228 e. The Balaban J connectivity index is 1.69. The highest BCUT2D eigenvalue weighted by Crippen LogP contribution is 2.21. The van der Waals surface area contributed by atoms with E-state index in [1.54, 1.807) is 18.3 Å². The van der Waals surface area contributed by atoms with Gasteiger partial charge in [0, 0.05) is 35.8 Å². The number of carbonyl (C=O) groups is 1. The molecule has 0 saturated carbocycles. The van der Waals surface area contributed by atoms with Crippen LogP contribution in [0.4, 0.5) is 5.69 Å². The zero-order valence-electron chi connectivity index (χ0n) is 15.9. The molecule has 0 atom stereocenters. The van der Waals surface area contributed by atoms with E-state index >= 15 is 0 Å². The van der Waals surface area contributed by atoms with Gasteiger partial charge in [0.05, 0.1) is 6.42 Å². The standard InChI is InChI=1S/C21H23N5O2/c1-13-9-18(5-3-16(13)12-26-8-7-24-14(26)2)25-20(28)11-17-10-15(21(22)23)4-6-19(17)27/h3-10,27H,11-12H2,1-2H3,(H3,22,23)(H,25,28). The lowest BCUT2D eigenvalue weighted by Gasteiger charge is -2.12. The average Bonchev–Trinajstić information content (AvgIpc) is 3.03. The second-order valence-corrected chi connectivity index (χ2v) is 6.73. The van der Waals surface area contributed by atoms with Crippen molar-refractivity contribution in [2.24, 2.45) is 5.73 Å². The number of phenols is 1. The topological polar surface area (TPSA) is 117 Å². The molecule has 0 bridgehead atoms. The van der Waals surface area contributed by atoms with Crippen LogP contribution in [0.2, 0.25) is 0 Å². The molecule has 7 heteroatoms. The Kier molecular flexibility index (Phi) is 5.44. The SMILES string of the molecule is Cc1cc(NC(=O)Cc2cc(C(=N)N)ccc2O)ccc1Cn1ccnc1C. The summed E-state index contributed by atoms with van der Waals surface area (Å²) < 4.78 is 2.06. The Morgan fingerprint density at radius 2 is 2.00 bits per heavy atom. The van der Waals surface area contributed by atoms with E-state index in [1.165, 1.54) is 6.07 Å². The van der Waals surface area contributed by atoms with Crippen LogP contribution < -0.4 is 11.1 Å². The Morgan fingerprint density at radius 3 is 2.64 bits per heavy atom. The van der Waals surface area contributed by atoms with Crippen molar-refractivity contribution in [1.29, 1.82) is 5.41 Å². The first-order chi connectivity index (χ1) is 13.3. The van der Waals surface area contributed by atoms with Crippen LogP contribution in [0.15, 0.2) is 48.8 Å². The fraction of sp³-hybridized carbons (Fsp3) is 0.190. The molecule has 0 aliphatic carbocycles. The Hall–Kier alpha value is -3.61. The summed E-state index contributed by atoms with van der Waals surface area (Å²) in [5.41, 5.74) is 9.26. The number of aryl methyl sites for hydroxylation is 2. The van der Waals surface area contributed by atoms with Gasteiger partial charge in [-0.15, -0.1) is 0 Å². The maximum Gasteiger partial charge on any atom is 0.228 e. The van der Waals surface area contributed by atoms with E-state index in [9.17, 15) is 9.90 Å². The van der Waals surface area contributed by atoms with Crippen LogP contribution in [0.1, 0.15) is 28.1 Å². The molecule has 1 heterocycles. The largest absolute Gasteiger partial charge is 0.508 e. The molecule has 0 spiro atoms. The molecule has 0 unspecified atom stereocenters. The molecule has 1 aromatic heterocycles. The second-order valence-electron chi connectivity index (χ2n) is 6.73. The zero-order chi connectivity index (χ0) is 20.3. The third-order valence-corrected chi connectivity index (χ3v) is 4.63. The van der Waals surface area contributed by atoms with E-state index in [0.717, 1.165) is 23.5 Å². The maximum atomic E-state index is 12.4. The number of nitrogens with zero attached hydrogens (tertiary/aromatic N) is 2. The lowest BCUT2D eigenvalue weighted by atomic mass is 10.1. The molecule has 0 radical (unpaired) electrons. The van der Waals surface area contributed by atoms with Crippen molar-refractivity contribution in [1.82, 2.24) is 9.55 Å². The van der Waals surface area contributed by atoms with Crippen molar-refractivity contribution < 1.29 is 9.90 Å². The summed E-state index contributed by atoms with van der Waals surface area (Å²) in [6.45, 7) is 4.68. The van der Waals surface area contributed by atoms with Crippen molar-refractivity contribution in [3.8, 4) is 5.75 Å².